The maximum Gasteiger partial charge on any atom is 0.430 e. The number of aliphatic carboxylic acids is 1. The van der Waals surface area contributed by atoms with E-state index in [2.05, 4.69) is 0 Å². The van der Waals surface area contributed by atoms with Crippen LogP contribution in [0.15, 0.2) is 17.7 Å². The Morgan fingerprint density at radius 1 is 1.36 bits per heavy atom. The van der Waals surface area contributed by atoms with E-state index in [1.54, 1.807) is 13.8 Å². The molecule has 138 valence electrons. The summed E-state index contributed by atoms with van der Waals surface area (Å²) in [6, 6.07) is 2.74. The van der Waals surface area contributed by atoms with Crippen LogP contribution in [0.3, 0.4) is 0 Å². The maximum atomic E-state index is 13.8. The van der Waals surface area contributed by atoms with Crippen molar-refractivity contribution in [2.45, 2.75) is 45.1 Å². The minimum absolute atomic E-state index is 0.0972. The predicted molar refractivity (Wildman–Crippen MR) is 85.6 cm³/mol. The molecule has 1 aromatic carbocycles. The molecule has 2 unspecified atom stereocenters. The average Bonchev–Trinajstić information content (AvgIpc) is 2.49. The second-order valence-electron chi connectivity index (χ2n) is 6.23. The van der Waals surface area contributed by atoms with Crippen LogP contribution < -0.4 is 4.74 Å². The van der Waals surface area contributed by atoms with Gasteiger partial charge in [-0.15, -0.1) is 0 Å². The third kappa shape index (κ3) is 4.45. The molecule has 0 saturated heterocycles. The van der Waals surface area contributed by atoms with E-state index in [1.807, 2.05) is 0 Å². The summed E-state index contributed by atoms with van der Waals surface area (Å²) >= 11 is 5.97. The highest BCUT2D eigenvalue weighted by atomic mass is 35.5. The number of rotatable bonds is 5. The van der Waals surface area contributed by atoms with Crippen molar-refractivity contribution in [3.05, 3.63) is 33.9 Å². The first-order valence-corrected chi connectivity index (χ1v) is 8.03. The Morgan fingerprint density at radius 2 is 2.00 bits per heavy atom. The van der Waals surface area contributed by atoms with Crippen molar-refractivity contribution in [3.63, 3.8) is 0 Å². The number of hydrogen-bond donors (Lipinski definition) is 1. The van der Waals surface area contributed by atoms with Gasteiger partial charge in [0.15, 0.2) is 0 Å². The lowest BCUT2D eigenvalue weighted by molar-refractivity contribution is -0.187. The molecule has 0 radical (unpaired) electrons. The molecule has 2 atom stereocenters. The van der Waals surface area contributed by atoms with Crippen molar-refractivity contribution in [2.75, 3.05) is 0 Å². The lowest BCUT2D eigenvalue weighted by atomic mass is 9.95. The molecule has 1 heterocycles. The minimum atomic E-state index is -4.89. The number of halogens is 5. The summed E-state index contributed by atoms with van der Waals surface area (Å²) < 4.78 is 58.3. The molecular weight excluding hydrogens is 364 g/mol. The summed E-state index contributed by atoms with van der Waals surface area (Å²) in [6.45, 7) is 3.41. The lowest BCUT2D eigenvalue weighted by Crippen LogP contribution is -2.40. The number of carboxylic acids is 1. The van der Waals surface area contributed by atoms with Gasteiger partial charge in [0, 0.05) is 10.6 Å². The van der Waals surface area contributed by atoms with E-state index in [1.165, 1.54) is 12.1 Å². The van der Waals surface area contributed by atoms with Crippen LogP contribution >= 0.6 is 11.6 Å². The highest BCUT2D eigenvalue weighted by molar-refractivity contribution is 6.30. The smallest absolute Gasteiger partial charge is 0.430 e. The van der Waals surface area contributed by atoms with Crippen molar-refractivity contribution in [3.8, 4) is 5.75 Å². The van der Waals surface area contributed by atoms with Crippen molar-refractivity contribution in [2.24, 2.45) is 5.92 Å². The second kappa shape index (κ2) is 7.23. The summed E-state index contributed by atoms with van der Waals surface area (Å²) in [4.78, 5) is 11.2. The Balaban J connectivity index is 2.44. The molecule has 8 heteroatoms. The Kier molecular flexibility index (Phi) is 5.66. The molecule has 1 N–H and O–H groups in total. The number of benzene rings is 1. The predicted octanol–water partition coefficient (Wildman–Crippen LogP) is 5.06. The first-order valence-electron chi connectivity index (χ1n) is 7.65. The maximum absolute atomic E-state index is 13.8. The van der Waals surface area contributed by atoms with E-state index < -0.39 is 30.0 Å². The number of aryl methyl sites for hydroxylation is 1. The van der Waals surface area contributed by atoms with Crippen LogP contribution in [0.2, 0.25) is 5.02 Å². The normalized spacial score (nSPS) is 18.4. The summed E-state index contributed by atoms with van der Waals surface area (Å²) in [5, 5.41) is 9.25. The SMILES string of the molecule is CC(C)C(F)CCc1cc(Cl)cc2c1OC(C(F)(F)F)C(C(=O)O)=C2. The van der Waals surface area contributed by atoms with E-state index in [4.69, 9.17) is 21.4 Å². The van der Waals surface area contributed by atoms with Gasteiger partial charge in [0.2, 0.25) is 6.10 Å². The number of hydrogen-bond acceptors (Lipinski definition) is 2. The lowest BCUT2D eigenvalue weighted by Gasteiger charge is -2.29. The van der Waals surface area contributed by atoms with Crippen LogP contribution in [0.5, 0.6) is 5.75 Å². The molecule has 25 heavy (non-hydrogen) atoms. The zero-order valence-corrected chi connectivity index (χ0v) is 14.3. The Hall–Kier alpha value is -1.76. The van der Waals surface area contributed by atoms with Gasteiger partial charge in [0.05, 0.1) is 5.57 Å². The van der Waals surface area contributed by atoms with Gasteiger partial charge in [-0.2, -0.15) is 13.2 Å². The van der Waals surface area contributed by atoms with E-state index in [0.717, 1.165) is 6.08 Å². The molecule has 3 nitrogen and oxygen atoms in total. The third-order valence-corrected chi connectivity index (χ3v) is 4.16. The average molecular weight is 381 g/mol. The van der Waals surface area contributed by atoms with Crippen LogP contribution in [0.1, 0.15) is 31.4 Å². The summed E-state index contributed by atoms with van der Waals surface area (Å²) in [6.07, 6.45) is -7.46. The van der Waals surface area contributed by atoms with Gasteiger partial charge in [-0.05, 0) is 42.5 Å². The van der Waals surface area contributed by atoms with Crippen LogP contribution in [0.4, 0.5) is 17.6 Å². The zero-order valence-electron chi connectivity index (χ0n) is 13.5. The molecule has 1 aliphatic rings. The molecular formula is C17H17ClF4O3. The molecule has 0 amide bonds. The Bertz CT molecular complexity index is 698. The molecule has 0 aliphatic carbocycles. The van der Waals surface area contributed by atoms with Gasteiger partial charge in [-0.1, -0.05) is 25.4 Å². The largest absolute Gasteiger partial charge is 0.478 e. The molecule has 0 spiro atoms. The van der Waals surface area contributed by atoms with Crippen LogP contribution in [-0.4, -0.2) is 29.5 Å². The van der Waals surface area contributed by atoms with Gasteiger partial charge in [-0.3, -0.25) is 0 Å². The van der Waals surface area contributed by atoms with Gasteiger partial charge >= 0.3 is 12.1 Å². The van der Waals surface area contributed by atoms with E-state index in [9.17, 15) is 22.4 Å². The summed E-state index contributed by atoms with van der Waals surface area (Å²) in [5.41, 5.74) is -0.458. The second-order valence-corrected chi connectivity index (χ2v) is 6.66. The monoisotopic (exact) mass is 380 g/mol. The molecule has 0 saturated carbocycles. The quantitative estimate of drug-likeness (QED) is 0.726. The van der Waals surface area contributed by atoms with Crippen LogP contribution in [0, 0.1) is 5.92 Å². The first-order chi connectivity index (χ1) is 11.5. The number of alkyl halides is 4. The first kappa shape index (κ1) is 19.6. The van der Waals surface area contributed by atoms with E-state index >= 15 is 0 Å². The van der Waals surface area contributed by atoms with Gasteiger partial charge in [0.1, 0.15) is 11.9 Å². The van der Waals surface area contributed by atoms with Gasteiger partial charge in [-0.25, -0.2) is 9.18 Å². The van der Waals surface area contributed by atoms with Crippen LogP contribution in [-0.2, 0) is 11.2 Å². The van der Waals surface area contributed by atoms with Crippen molar-refractivity contribution in [1.29, 1.82) is 0 Å². The third-order valence-electron chi connectivity index (χ3n) is 3.95. The van der Waals surface area contributed by atoms with E-state index in [0.29, 0.717) is 5.56 Å². The topological polar surface area (TPSA) is 46.5 Å². The molecule has 2 rings (SSSR count). The number of ether oxygens (including phenoxy) is 1. The van der Waals surface area contributed by atoms with Crippen molar-refractivity contribution < 1.29 is 32.2 Å². The molecule has 1 aliphatic heterocycles. The number of fused-ring (bicyclic) bond motifs is 1. The standard InChI is InChI=1S/C17H17ClF4O3/c1-8(2)13(19)4-3-9-5-11(18)6-10-7-12(16(23)24)15(17(20,21)22)25-14(9)10/h5-8,13,15H,3-4H2,1-2H3,(H,23,24). The minimum Gasteiger partial charge on any atom is -0.478 e. The Labute approximate surface area is 147 Å². The number of carboxylic acid groups (broad SMARTS) is 1. The van der Waals surface area contributed by atoms with E-state index in [-0.39, 0.29) is 35.1 Å². The highest BCUT2D eigenvalue weighted by Crippen LogP contribution is 2.41. The molecule has 0 aromatic heterocycles. The summed E-state index contributed by atoms with van der Waals surface area (Å²) in [5.74, 6) is -2.05. The fourth-order valence-electron chi connectivity index (χ4n) is 2.58. The van der Waals surface area contributed by atoms with Gasteiger partial charge in [0.25, 0.3) is 0 Å². The van der Waals surface area contributed by atoms with Gasteiger partial charge < -0.3 is 9.84 Å². The highest BCUT2D eigenvalue weighted by Gasteiger charge is 2.48. The Morgan fingerprint density at radius 3 is 2.52 bits per heavy atom. The fourth-order valence-corrected chi connectivity index (χ4v) is 2.83. The molecule has 1 aromatic rings. The van der Waals surface area contributed by atoms with Crippen LogP contribution in [0.25, 0.3) is 6.08 Å². The summed E-state index contributed by atoms with van der Waals surface area (Å²) in [7, 11) is 0. The fraction of sp³-hybridized carbons (Fsp3) is 0.471. The molecule has 0 fully saturated rings. The molecule has 0 bridgehead atoms. The van der Waals surface area contributed by atoms with Crippen molar-refractivity contribution in [1.82, 2.24) is 0 Å². The number of carbonyl (C=O) groups is 1. The zero-order chi connectivity index (χ0) is 18.9. The van der Waals surface area contributed by atoms with Crippen molar-refractivity contribution >= 4 is 23.6 Å².